The summed E-state index contributed by atoms with van der Waals surface area (Å²) in [5.74, 6) is -1.30. The van der Waals surface area contributed by atoms with Crippen LogP contribution < -0.4 is 4.72 Å². The molecule has 10 heteroatoms. The average molecular weight is 401 g/mol. The van der Waals surface area contributed by atoms with Crippen LogP contribution in [0.2, 0.25) is 0 Å². The normalized spacial score (nSPS) is 11.0. The molecule has 2 rings (SSSR count). The van der Waals surface area contributed by atoms with Gasteiger partial charge in [0.2, 0.25) is 0 Å². The molecule has 0 radical (unpaired) electrons. The molecule has 120 valence electrons. The summed E-state index contributed by atoms with van der Waals surface area (Å²) in [7, 11) is -4.08. The van der Waals surface area contributed by atoms with Gasteiger partial charge in [-0.1, -0.05) is 15.9 Å². The van der Waals surface area contributed by atoms with Gasteiger partial charge in [0.05, 0.1) is 21.1 Å². The summed E-state index contributed by atoms with van der Waals surface area (Å²) in [4.78, 5) is 20.9. The molecule has 23 heavy (non-hydrogen) atoms. The molecule has 0 aromatic heterocycles. The van der Waals surface area contributed by atoms with Crippen LogP contribution in [0.3, 0.4) is 0 Å². The van der Waals surface area contributed by atoms with Gasteiger partial charge in [-0.15, -0.1) is 0 Å². The lowest BCUT2D eigenvalue weighted by Crippen LogP contribution is -2.15. The Bertz CT molecular complexity index is 880. The van der Waals surface area contributed by atoms with Crippen molar-refractivity contribution in [2.45, 2.75) is 4.90 Å². The molecule has 8 nitrogen and oxygen atoms in total. The average Bonchev–Trinajstić information content (AvgIpc) is 2.48. The van der Waals surface area contributed by atoms with E-state index >= 15 is 0 Å². The Morgan fingerprint density at radius 1 is 1.17 bits per heavy atom. The first kappa shape index (κ1) is 16.9. The second-order valence-corrected chi connectivity index (χ2v) is 6.95. The van der Waals surface area contributed by atoms with Crippen molar-refractivity contribution >= 4 is 43.3 Å². The van der Waals surface area contributed by atoms with Crippen LogP contribution in [0.4, 0.5) is 11.4 Å². The van der Waals surface area contributed by atoms with E-state index in [4.69, 9.17) is 5.11 Å². The third kappa shape index (κ3) is 3.85. The number of hydrogen-bond acceptors (Lipinski definition) is 5. The number of non-ortho nitro benzene ring substituents is 1. The number of nitrogens with one attached hydrogen (secondary N) is 1. The molecular weight excluding hydrogens is 392 g/mol. The summed E-state index contributed by atoms with van der Waals surface area (Å²) in [6.45, 7) is 0. The predicted octanol–water partition coefficient (Wildman–Crippen LogP) is 2.86. The van der Waals surface area contributed by atoms with Crippen molar-refractivity contribution in [3.8, 4) is 0 Å². The number of sulfonamides is 1. The smallest absolute Gasteiger partial charge is 0.337 e. The lowest BCUT2D eigenvalue weighted by molar-refractivity contribution is -0.384. The maximum Gasteiger partial charge on any atom is 0.337 e. The van der Waals surface area contributed by atoms with Crippen LogP contribution in [0.1, 0.15) is 10.4 Å². The van der Waals surface area contributed by atoms with E-state index in [1.54, 1.807) is 0 Å². The van der Waals surface area contributed by atoms with Gasteiger partial charge in [-0.3, -0.25) is 14.8 Å². The van der Waals surface area contributed by atoms with Crippen LogP contribution in [-0.4, -0.2) is 24.4 Å². The number of carboxylic acids is 1. The summed E-state index contributed by atoms with van der Waals surface area (Å²) >= 11 is 3.11. The second-order valence-electron chi connectivity index (χ2n) is 4.35. The highest BCUT2D eigenvalue weighted by molar-refractivity contribution is 9.10. The van der Waals surface area contributed by atoms with E-state index in [-0.39, 0.29) is 21.8 Å². The molecule has 0 aliphatic heterocycles. The summed E-state index contributed by atoms with van der Waals surface area (Å²) in [6.07, 6.45) is 0. The number of nitro benzene ring substituents is 1. The van der Waals surface area contributed by atoms with E-state index in [0.29, 0.717) is 4.47 Å². The quantitative estimate of drug-likeness (QED) is 0.586. The van der Waals surface area contributed by atoms with Gasteiger partial charge < -0.3 is 5.11 Å². The number of anilines is 1. The number of nitrogens with zero attached hydrogens (tertiary/aromatic N) is 1. The second kappa shape index (κ2) is 6.34. The van der Waals surface area contributed by atoms with Crippen molar-refractivity contribution in [2.75, 3.05) is 4.72 Å². The van der Waals surface area contributed by atoms with E-state index in [2.05, 4.69) is 20.7 Å². The first-order chi connectivity index (χ1) is 10.7. The number of aromatic carboxylic acids is 1. The highest BCUT2D eigenvalue weighted by Crippen LogP contribution is 2.24. The van der Waals surface area contributed by atoms with Crippen LogP contribution in [-0.2, 0) is 10.0 Å². The van der Waals surface area contributed by atoms with E-state index in [9.17, 15) is 23.3 Å². The predicted molar refractivity (Wildman–Crippen MR) is 85.0 cm³/mol. The maximum atomic E-state index is 12.3. The monoisotopic (exact) mass is 400 g/mol. The lowest BCUT2D eigenvalue weighted by atomic mass is 10.2. The first-order valence-electron chi connectivity index (χ1n) is 6.01. The Labute approximate surface area is 139 Å². The number of carboxylic acid groups (broad SMARTS) is 1. The van der Waals surface area contributed by atoms with Crippen molar-refractivity contribution in [3.05, 3.63) is 62.6 Å². The van der Waals surface area contributed by atoms with Gasteiger partial charge in [-0.25, -0.2) is 13.2 Å². The van der Waals surface area contributed by atoms with Gasteiger partial charge in [0.1, 0.15) is 0 Å². The van der Waals surface area contributed by atoms with Crippen LogP contribution in [0.25, 0.3) is 0 Å². The Kier molecular flexibility index (Phi) is 4.66. The molecule has 0 amide bonds. The molecule has 0 heterocycles. The minimum Gasteiger partial charge on any atom is -0.478 e. The number of halogens is 1. The number of carbonyl (C=O) groups is 1. The van der Waals surface area contributed by atoms with E-state index in [1.165, 1.54) is 18.2 Å². The Morgan fingerprint density at radius 2 is 1.78 bits per heavy atom. The van der Waals surface area contributed by atoms with Crippen molar-refractivity contribution in [3.63, 3.8) is 0 Å². The van der Waals surface area contributed by atoms with Crippen molar-refractivity contribution < 1.29 is 23.2 Å². The summed E-state index contributed by atoms with van der Waals surface area (Å²) in [5, 5.41) is 19.7. The van der Waals surface area contributed by atoms with Gasteiger partial charge in [0, 0.05) is 16.6 Å². The third-order valence-electron chi connectivity index (χ3n) is 2.81. The van der Waals surface area contributed by atoms with Gasteiger partial charge >= 0.3 is 5.97 Å². The van der Waals surface area contributed by atoms with Gasteiger partial charge in [-0.2, -0.15) is 0 Å². The Balaban J connectivity index is 2.39. The van der Waals surface area contributed by atoms with Gasteiger partial charge in [-0.05, 0) is 30.3 Å². The van der Waals surface area contributed by atoms with E-state index < -0.39 is 20.9 Å². The fourth-order valence-electron chi connectivity index (χ4n) is 1.73. The standard InChI is InChI=1S/C13H9BrN2O6S/c14-8-1-6-12(11(7-8)13(17)18)15-23(21,22)10-4-2-9(3-5-10)16(19)20/h1-7,15H,(H,17,18). The molecule has 2 aromatic carbocycles. The zero-order valence-electron chi connectivity index (χ0n) is 11.3. The summed E-state index contributed by atoms with van der Waals surface area (Å²) in [6, 6.07) is 8.29. The number of benzene rings is 2. The molecule has 0 aliphatic carbocycles. The molecule has 0 fully saturated rings. The topological polar surface area (TPSA) is 127 Å². The largest absolute Gasteiger partial charge is 0.478 e. The number of rotatable bonds is 5. The van der Waals surface area contributed by atoms with Gasteiger partial charge in [0.15, 0.2) is 0 Å². The van der Waals surface area contributed by atoms with E-state index in [0.717, 1.165) is 24.3 Å². The van der Waals surface area contributed by atoms with Crippen molar-refractivity contribution in [2.24, 2.45) is 0 Å². The fourth-order valence-corrected chi connectivity index (χ4v) is 3.17. The molecule has 0 aliphatic rings. The zero-order chi connectivity index (χ0) is 17.2. The SMILES string of the molecule is O=C(O)c1cc(Br)ccc1NS(=O)(=O)c1ccc([N+](=O)[O-])cc1. The Morgan fingerprint density at radius 3 is 2.30 bits per heavy atom. The number of nitro groups is 1. The lowest BCUT2D eigenvalue weighted by Gasteiger charge is -2.11. The maximum absolute atomic E-state index is 12.3. The highest BCUT2D eigenvalue weighted by atomic mass is 79.9. The zero-order valence-corrected chi connectivity index (χ0v) is 13.7. The third-order valence-corrected chi connectivity index (χ3v) is 4.69. The minimum absolute atomic E-state index is 0.112. The molecule has 0 saturated carbocycles. The highest BCUT2D eigenvalue weighted by Gasteiger charge is 2.19. The molecule has 0 atom stereocenters. The molecule has 0 saturated heterocycles. The van der Waals surface area contributed by atoms with Crippen LogP contribution in [0.15, 0.2) is 51.8 Å². The van der Waals surface area contributed by atoms with Gasteiger partial charge in [0.25, 0.3) is 15.7 Å². The molecule has 0 spiro atoms. The summed E-state index contributed by atoms with van der Waals surface area (Å²) in [5.41, 5.74) is -0.595. The van der Waals surface area contributed by atoms with Crippen LogP contribution in [0.5, 0.6) is 0 Å². The number of hydrogen-bond donors (Lipinski definition) is 2. The molecular formula is C13H9BrN2O6S. The fraction of sp³-hybridized carbons (Fsp3) is 0. The molecule has 0 bridgehead atoms. The van der Waals surface area contributed by atoms with Crippen LogP contribution >= 0.6 is 15.9 Å². The molecule has 2 N–H and O–H groups in total. The molecule has 2 aromatic rings. The summed E-state index contributed by atoms with van der Waals surface area (Å²) < 4.78 is 27.2. The minimum atomic E-state index is -4.08. The molecule has 0 unspecified atom stereocenters. The first-order valence-corrected chi connectivity index (χ1v) is 8.28. The van der Waals surface area contributed by atoms with Crippen molar-refractivity contribution in [1.82, 2.24) is 0 Å². The van der Waals surface area contributed by atoms with Crippen LogP contribution in [0, 0.1) is 10.1 Å². The van der Waals surface area contributed by atoms with Crippen molar-refractivity contribution in [1.29, 1.82) is 0 Å². The van der Waals surface area contributed by atoms with E-state index in [1.807, 2.05) is 0 Å². The Hall–Kier alpha value is -2.46.